The fraction of sp³-hybridized carbons (Fsp3) is 0.368. The number of quaternary nitrogens is 1. The second kappa shape index (κ2) is 7.47. The molecule has 0 amide bonds. The molecule has 1 heterocycles. The van der Waals surface area contributed by atoms with Crippen LogP contribution in [0.15, 0.2) is 48.5 Å². The lowest BCUT2D eigenvalue weighted by atomic mass is 10.1. The summed E-state index contributed by atoms with van der Waals surface area (Å²) in [6.07, 6.45) is 0. The van der Waals surface area contributed by atoms with Gasteiger partial charge in [0.05, 0.1) is 38.5 Å². The highest BCUT2D eigenvalue weighted by Crippen LogP contribution is 2.27. The first-order valence-electron chi connectivity index (χ1n) is 8.31. The van der Waals surface area contributed by atoms with Gasteiger partial charge in [-0.2, -0.15) is 0 Å². The largest absolute Gasteiger partial charge is 0.492 e. The van der Waals surface area contributed by atoms with Crippen LogP contribution in [0.25, 0.3) is 0 Å². The molecule has 0 bridgehead atoms. The summed E-state index contributed by atoms with van der Waals surface area (Å²) in [5.41, 5.74) is 1.98. The van der Waals surface area contributed by atoms with Gasteiger partial charge in [0.1, 0.15) is 18.1 Å². The van der Waals surface area contributed by atoms with E-state index in [2.05, 4.69) is 17.0 Å². The van der Waals surface area contributed by atoms with Gasteiger partial charge in [0, 0.05) is 5.56 Å². The summed E-state index contributed by atoms with van der Waals surface area (Å²) in [5.74, 6) is 0.858. The zero-order valence-electron chi connectivity index (χ0n) is 13.6. The maximum atomic E-state index is 13.8. The number of nitrogens with zero attached hydrogens (tertiary/aromatic N) is 1. The Morgan fingerprint density at radius 1 is 1.04 bits per heavy atom. The molecular weight excluding hydrogens is 291 g/mol. The van der Waals surface area contributed by atoms with E-state index in [0.29, 0.717) is 6.61 Å². The average molecular weight is 315 g/mol. The number of para-hydroxylation sites is 2. The fourth-order valence-electron chi connectivity index (χ4n) is 3.15. The zero-order chi connectivity index (χ0) is 16.1. The summed E-state index contributed by atoms with van der Waals surface area (Å²) in [7, 11) is 0. The summed E-state index contributed by atoms with van der Waals surface area (Å²) >= 11 is 0. The number of hydrogen-bond donors (Lipinski definition) is 1. The van der Waals surface area contributed by atoms with Gasteiger partial charge in [-0.25, -0.2) is 4.39 Å². The Balaban J connectivity index is 1.62. The number of rotatable bonds is 5. The summed E-state index contributed by atoms with van der Waals surface area (Å²) < 4.78 is 19.5. The van der Waals surface area contributed by atoms with E-state index in [1.165, 1.54) is 10.6 Å². The molecule has 1 saturated heterocycles. The average Bonchev–Trinajstić information content (AvgIpc) is 2.59. The van der Waals surface area contributed by atoms with Crippen LogP contribution in [0.3, 0.4) is 0 Å². The molecule has 0 unspecified atom stereocenters. The highest BCUT2D eigenvalue weighted by molar-refractivity contribution is 5.58. The van der Waals surface area contributed by atoms with Crippen LogP contribution in [0, 0.1) is 5.82 Å². The van der Waals surface area contributed by atoms with Crippen LogP contribution in [0.2, 0.25) is 0 Å². The second-order valence-corrected chi connectivity index (χ2v) is 5.91. The third-order valence-electron chi connectivity index (χ3n) is 4.37. The highest BCUT2D eigenvalue weighted by Gasteiger charge is 2.22. The standard InChI is InChI=1S/C19H23FN2O/c1-2-23-19-10-6-5-9-18(19)22-13-11-21(12-14-22)15-16-7-3-4-8-17(16)20/h3-10H,2,11-15H2,1H3/p+1. The first-order chi connectivity index (χ1) is 11.3. The molecule has 122 valence electrons. The molecule has 1 aliphatic rings. The van der Waals surface area contributed by atoms with Crippen LogP contribution < -0.4 is 14.5 Å². The maximum Gasteiger partial charge on any atom is 0.142 e. The molecule has 3 nitrogen and oxygen atoms in total. The summed E-state index contributed by atoms with van der Waals surface area (Å²) in [4.78, 5) is 3.80. The van der Waals surface area contributed by atoms with Crippen molar-refractivity contribution in [1.29, 1.82) is 0 Å². The van der Waals surface area contributed by atoms with E-state index in [1.807, 2.05) is 31.2 Å². The Hall–Kier alpha value is -2.07. The Kier molecular flexibility index (Phi) is 5.13. The molecule has 0 aromatic heterocycles. The number of ether oxygens (including phenoxy) is 1. The first kappa shape index (κ1) is 15.8. The normalized spacial score (nSPS) is 15.7. The Labute approximate surface area is 137 Å². The van der Waals surface area contributed by atoms with Gasteiger partial charge < -0.3 is 14.5 Å². The van der Waals surface area contributed by atoms with Crippen molar-refractivity contribution < 1.29 is 14.0 Å². The minimum absolute atomic E-state index is 0.0934. The van der Waals surface area contributed by atoms with E-state index in [9.17, 15) is 4.39 Å². The number of nitrogens with one attached hydrogen (secondary N) is 1. The lowest BCUT2D eigenvalue weighted by Crippen LogP contribution is -3.13. The lowest BCUT2D eigenvalue weighted by molar-refractivity contribution is -0.914. The third kappa shape index (κ3) is 3.82. The lowest BCUT2D eigenvalue weighted by Gasteiger charge is -2.34. The quantitative estimate of drug-likeness (QED) is 0.910. The van der Waals surface area contributed by atoms with Gasteiger partial charge in [-0.3, -0.25) is 0 Å². The van der Waals surface area contributed by atoms with Gasteiger partial charge in [-0.15, -0.1) is 0 Å². The number of anilines is 1. The SMILES string of the molecule is CCOc1ccccc1N1CC[NH+](Cc2ccccc2F)CC1. The van der Waals surface area contributed by atoms with Gasteiger partial charge >= 0.3 is 0 Å². The molecule has 23 heavy (non-hydrogen) atoms. The van der Waals surface area contributed by atoms with E-state index in [4.69, 9.17) is 4.74 Å². The smallest absolute Gasteiger partial charge is 0.142 e. The molecule has 0 saturated carbocycles. The second-order valence-electron chi connectivity index (χ2n) is 5.91. The molecule has 0 spiro atoms. The molecular formula is C19H24FN2O+. The maximum absolute atomic E-state index is 13.8. The summed E-state index contributed by atoms with van der Waals surface area (Å²) in [6, 6.07) is 15.3. The van der Waals surface area contributed by atoms with Crippen LogP contribution in [0.1, 0.15) is 12.5 Å². The molecule has 0 radical (unpaired) electrons. The summed E-state index contributed by atoms with van der Waals surface area (Å²) in [6.45, 7) is 7.39. The molecule has 3 rings (SSSR count). The number of benzene rings is 2. The fourth-order valence-corrected chi connectivity index (χ4v) is 3.15. The molecule has 1 N–H and O–H groups in total. The zero-order valence-corrected chi connectivity index (χ0v) is 13.6. The third-order valence-corrected chi connectivity index (χ3v) is 4.37. The van der Waals surface area contributed by atoms with Crippen LogP contribution in [-0.4, -0.2) is 32.8 Å². The Morgan fingerprint density at radius 2 is 1.74 bits per heavy atom. The minimum atomic E-state index is -0.0934. The molecule has 2 aromatic carbocycles. The monoisotopic (exact) mass is 315 g/mol. The van der Waals surface area contributed by atoms with Crippen LogP contribution in [0.5, 0.6) is 5.75 Å². The molecule has 4 heteroatoms. The molecule has 2 aromatic rings. The molecule has 1 fully saturated rings. The predicted molar refractivity (Wildman–Crippen MR) is 90.6 cm³/mol. The van der Waals surface area contributed by atoms with Gasteiger partial charge in [-0.05, 0) is 25.1 Å². The molecule has 1 aliphatic heterocycles. The van der Waals surface area contributed by atoms with Gasteiger partial charge in [0.15, 0.2) is 0 Å². The summed E-state index contributed by atoms with van der Waals surface area (Å²) in [5, 5.41) is 0. The van der Waals surface area contributed by atoms with Crippen molar-refractivity contribution in [3.05, 3.63) is 59.9 Å². The minimum Gasteiger partial charge on any atom is -0.492 e. The molecule has 0 atom stereocenters. The predicted octanol–water partition coefficient (Wildman–Crippen LogP) is 2.13. The Morgan fingerprint density at radius 3 is 2.48 bits per heavy atom. The van der Waals surface area contributed by atoms with Crippen molar-refractivity contribution in [3.63, 3.8) is 0 Å². The van der Waals surface area contributed by atoms with Crippen molar-refractivity contribution in [2.45, 2.75) is 13.5 Å². The van der Waals surface area contributed by atoms with Crippen molar-refractivity contribution in [2.24, 2.45) is 0 Å². The number of piperazine rings is 1. The van der Waals surface area contributed by atoms with E-state index >= 15 is 0 Å². The van der Waals surface area contributed by atoms with E-state index in [-0.39, 0.29) is 5.82 Å². The van der Waals surface area contributed by atoms with Crippen LogP contribution >= 0.6 is 0 Å². The molecule has 0 aliphatic carbocycles. The Bertz CT molecular complexity index is 639. The van der Waals surface area contributed by atoms with E-state index in [1.54, 1.807) is 12.1 Å². The van der Waals surface area contributed by atoms with Crippen molar-refractivity contribution in [1.82, 2.24) is 0 Å². The van der Waals surface area contributed by atoms with Gasteiger partial charge in [-0.1, -0.05) is 30.3 Å². The van der Waals surface area contributed by atoms with Gasteiger partial charge in [0.2, 0.25) is 0 Å². The van der Waals surface area contributed by atoms with Crippen LogP contribution in [0.4, 0.5) is 10.1 Å². The van der Waals surface area contributed by atoms with Crippen LogP contribution in [-0.2, 0) is 6.54 Å². The van der Waals surface area contributed by atoms with Crippen molar-refractivity contribution in [3.8, 4) is 5.75 Å². The van der Waals surface area contributed by atoms with Gasteiger partial charge in [0.25, 0.3) is 0 Å². The highest BCUT2D eigenvalue weighted by atomic mass is 19.1. The van der Waals surface area contributed by atoms with E-state index in [0.717, 1.165) is 44.0 Å². The van der Waals surface area contributed by atoms with Crippen molar-refractivity contribution in [2.75, 3.05) is 37.7 Å². The first-order valence-corrected chi connectivity index (χ1v) is 8.31. The number of halogens is 1. The topological polar surface area (TPSA) is 16.9 Å². The number of hydrogen-bond acceptors (Lipinski definition) is 2. The van der Waals surface area contributed by atoms with E-state index < -0.39 is 0 Å². The van der Waals surface area contributed by atoms with Crippen molar-refractivity contribution >= 4 is 5.69 Å².